The number of hydrogen-bond acceptors (Lipinski definition) is 4. The van der Waals surface area contributed by atoms with Gasteiger partial charge in [0.05, 0.1) is 12.2 Å². The lowest BCUT2D eigenvalue weighted by molar-refractivity contribution is -0.118. The molecule has 0 bridgehead atoms. The van der Waals surface area contributed by atoms with Crippen molar-refractivity contribution < 1.29 is 14.3 Å². The molecule has 0 aliphatic carbocycles. The second kappa shape index (κ2) is 5.71. The summed E-state index contributed by atoms with van der Waals surface area (Å²) in [5.74, 6) is 0.395. The molecule has 0 atom stereocenters. The van der Waals surface area contributed by atoms with Crippen LogP contribution in [0.25, 0.3) is 0 Å². The monoisotopic (exact) mass is 263 g/mol. The summed E-state index contributed by atoms with van der Waals surface area (Å²) in [5.41, 5.74) is 1.31. The number of rotatable bonds is 4. The Hall–Kier alpha value is -2.08. The normalized spacial score (nSPS) is 13.3. The highest BCUT2D eigenvalue weighted by atomic mass is 16.5. The van der Waals surface area contributed by atoms with Gasteiger partial charge in [0.2, 0.25) is 5.91 Å². The van der Waals surface area contributed by atoms with E-state index >= 15 is 0 Å². The summed E-state index contributed by atoms with van der Waals surface area (Å²) in [5, 5.41) is 5.70. The van der Waals surface area contributed by atoms with Crippen LogP contribution in [0.1, 0.15) is 6.92 Å². The highest BCUT2D eigenvalue weighted by Crippen LogP contribution is 2.31. The third-order valence-corrected chi connectivity index (χ3v) is 2.88. The molecule has 2 rings (SSSR count). The fourth-order valence-electron chi connectivity index (χ4n) is 1.77. The summed E-state index contributed by atoms with van der Waals surface area (Å²) < 4.78 is 5.27. The van der Waals surface area contributed by atoms with Gasteiger partial charge >= 0.3 is 0 Å². The Balaban J connectivity index is 2.14. The van der Waals surface area contributed by atoms with E-state index in [-0.39, 0.29) is 25.0 Å². The van der Waals surface area contributed by atoms with Crippen LogP contribution in [0.4, 0.5) is 11.4 Å². The lowest BCUT2D eigenvalue weighted by Gasteiger charge is -2.22. The topological polar surface area (TPSA) is 70.7 Å². The van der Waals surface area contributed by atoms with Crippen LogP contribution in [0.5, 0.6) is 5.75 Å². The zero-order valence-electron chi connectivity index (χ0n) is 11.0. The molecule has 0 saturated carbocycles. The van der Waals surface area contributed by atoms with E-state index in [1.54, 1.807) is 30.1 Å². The van der Waals surface area contributed by atoms with Crippen molar-refractivity contribution in [3.05, 3.63) is 18.2 Å². The van der Waals surface area contributed by atoms with Crippen molar-refractivity contribution in [2.24, 2.45) is 0 Å². The van der Waals surface area contributed by atoms with E-state index in [4.69, 9.17) is 4.74 Å². The zero-order chi connectivity index (χ0) is 13.8. The third kappa shape index (κ3) is 3.03. The van der Waals surface area contributed by atoms with Crippen LogP contribution in [-0.4, -0.2) is 38.6 Å². The Labute approximate surface area is 111 Å². The minimum atomic E-state index is -0.189. The van der Waals surface area contributed by atoms with Gasteiger partial charge in [0.1, 0.15) is 5.75 Å². The van der Waals surface area contributed by atoms with Crippen LogP contribution in [0.3, 0.4) is 0 Å². The molecule has 0 aromatic heterocycles. The molecule has 0 saturated heterocycles. The number of hydrogen-bond donors (Lipinski definition) is 2. The van der Waals surface area contributed by atoms with Crippen LogP contribution < -0.4 is 20.3 Å². The first-order chi connectivity index (χ1) is 9.11. The Morgan fingerprint density at radius 2 is 2.32 bits per heavy atom. The first-order valence-electron chi connectivity index (χ1n) is 6.15. The molecule has 6 heteroatoms. The SMILES string of the molecule is CCNCC(=O)N(C)c1ccc2c(c1)NC(=O)CO2. The van der Waals surface area contributed by atoms with E-state index in [0.717, 1.165) is 6.54 Å². The van der Waals surface area contributed by atoms with Crippen molar-refractivity contribution in [3.63, 3.8) is 0 Å². The lowest BCUT2D eigenvalue weighted by Crippen LogP contribution is -2.35. The van der Waals surface area contributed by atoms with E-state index in [2.05, 4.69) is 10.6 Å². The van der Waals surface area contributed by atoms with Gasteiger partial charge in [-0.15, -0.1) is 0 Å². The molecule has 2 amide bonds. The van der Waals surface area contributed by atoms with Crippen molar-refractivity contribution in [3.8, 4) is 5.75 Å². The Kier molecular flexibility index (Phi) is 4.01. The van der Waals surface area contributed by atoms with Crippen molar-refractivity contribution >= 4 is 23.2 Å². The highest BCUT2D eigenvalue weighted by molar-refractivity contribution is 5.98. The molecule has 0 unspecified atom stereocenters. The van der Waals surface area contributed by atoms with E-state index in [9.17, 15) is 9.59 Å². The van der Waals surface area contributed by atoms with Crippen LogP contribution in [0.2, 0.25) is 0 Å². The largest absolute Gasteiger partial charge is 0.482 e. The number of likely N-dealkylation sites (N-methyl/N-ethyl adjacent to an activating group) is 2. The van der Waals surface area contributed by atoms with Gasteiger partial charge in [-0.1, -0.05) is 6.92 Å². The number of amides is 2. The van der Waals surface area contributed by atoms with Crippen LogP contribution in [0.15, 0.2) is 18.2 Å². The smallest absolute Gasteiger partial charge is 0.262 e. The summed E-state index contributed by atoms with van der Waals surface area (Å²) in [7, 11) is 1.70. The zero-order valence-corrected chi connectivity index (χ0v) is 11.0. The summed E-state index contributed by atoms with van der Waals surface area (Å²) in [6.07, 6.45) is 0. The van der Waals surface area contributed by atoms with E-state index in [1.807, 2.05) is 6.92 Å². The summed E-state index contributed by atoms with van der Waals surface area (Å²) in [6, 6.07) is 5.28. The van der Waals surface area contributed by atoms with E-state index in [1.165, 1.54) is 0 Å². The summed E-state index contributed by atoms with van der Waals surface area (Å²) >= 11 is 0. The molecule has 1 aromatic carbocycles. The summed E-state index contributed by atoms with van der Waals surface area (Å²) in [6.45, 7) is 3.00. The molecule has 2 N–H and O–H groups in total. The molecule has 1 aliphatic heterocycles. The maximum absolute atomic E-state index is 11.9. The minimum absolute atomic E-state index is 0.0293. The number of nitrogens with zero attached hydrogens (tertiary/aromatic N) is 1. The van der Waals surface area contributed by atoms with Crippen molar-refractivity contribution in [2.75, 3.05) is 37.0 Å². The molecule has 0 radical (unpaired) electrons. The van der Waals surface area contributed by atoms with Gasteiger partial charge in [-0.05, 0) is 24.7 Å². The number of benzene rings is 1. The fourth-order valence-corrected chi connectivity index (χ4v) is 1.77. The molecule has 1 aromatic rings. The Morgan fingerprint density at radius 1 is 1.53 bits per heavy atom. The third-order valence-electron chi connectivity index (χ3n) is 2.88. The number of carbonyl (C=O) groups excluding carboxylic acids is 2. The molecule has 1 aliphatic rings. The van der Waals surface area contributed by atoms with E-state index in [0.29, 0.717) is 17.1 Å². The number of nitrogens with one attached hydrogen (secondary N) is 2. The Morgan fingerprint density at radius 3 is 3.05 bits per heavy atom. The van der Waals surface area contributed by atoms with Gasteiger partial charge in [0, 0.05) is 12.7 Å². The fraction of sp³-hybridized carbons (Fsp3) is 0.385. The molecule has 6 nitrogen and oxygen atoms in total. The standard InChI is InChI=1S/C13H17N3O3/c1-3-14-7-13(18)16(2)9-4-5-11-10(6-9)15-12(17)8-19-11/h4-6,14H,3,7-8H2,1-2H3,(H,15,17). The van der Waals surface area contributed by atoms with Crippen molar-refractivity contribution in [2.45, 2.75) is 6.92 Å². The second-order valence-corrected chi connectivity index (χ2v) is 4.25. The molecule has 102 valence electrons. The summed E-state index contributed by atoms with van der Waals surface area (Å²) in [4.78, 5) is 24.7. The number of fused-ring (bicyclic) bond motifs is 1. The van der Waals surface area contributed by atoms with Crippen LogP contribution in [-0.2, 0) is 9.59 Å². The maximum Gasteiger partial charge on any atom is 0.262 e. The van der Waals surface area contributed by atoms with Gasteiger partial charge in [0.15, 0.2) is 6.61 Å². The first kappa shape index (κ1) is 13.4. The van der Waals surface area contributed by atoms with E-state index < -0.39 is 0 Å². The van der Waals surface area contributed by atoms with Gasteiger partial charge in [-0.25, -0.2) is 0 Å². The average Bonchev–Trinajstić information content (AvgIpc) is 2.43. The van der Waals surface area contributed by atoms with Gasteiger partial charge in [-0.3, -0.25) is 9.59 Å². The molecular weight excluding hydrogens is 246 g/mol. The lowest BCUT2D eigenvalue weighted by atomic mass is 10.2. The maximum atomic E-state index is 11.9. The second-order valence-electron chi connectivity index (χ2n) is 4.25. The van der Waals surface area contributed by atoms with Gasteiger partial charge in [-0.2, -0.15) is 0 Å². The molecular formula is C13H17N3O3. The highest BCUT2D eigenvalue weighted by Gasteiger charge is 2.18. The van der Waals surface area contributed by atoms with Crippen LogP contribution >= 0.6 is 0 Å². The first-order valence-corrected chi connectivity index (χ1v) is 6.15. The predicted octanol–water partition coefficient (Wildman–Crippen LogP) is 0.590. The molecule has 1 heterocycles. The molecule has 19 heavy (non-hydrogen) atoms. The van der Waals surface area contributed by atoms with Gasteiger partial charge in [0.25, 0.3) is 5.91 Å². The predicted molar refractivity (Wildman–Crippen MR) is 72.5 cm³/mol. The number of carbonyl (C=O) groups is 2. The average molecular weight is 263 g/mol. The van der Waals surface area contributed by atoms with Crippen molar-refractivity contribution in [1.29, 1.82) is 0 Å². The van der Waals surface area contributed by atoms with Gasteiger partial charge < -0.3 is 20.3 Å². The molecule has 0 spiro atoms. The van der Waals surface area contributed by atoms with Crippen LogP contribution in [0, 0.1) is 0 Å². The quantitative estimate of drug-likeness (QED) is 0.834. The number of ether oxygens (including phenoxy) is 1. The molecule has 0 fully saturated rings. The number of anilines is 2. The minimum Gasteiger partial charge on any atom is -0.482 e. The van der Waals surface area contributed by atoms with Crippen molar-refractivity contribution in [1.82, 2.24) is 5.32 Å². The Bertz CT molecular complexity index is 502.